The van der Waals surface area contributed by atoms with Gasteiger partial charge in [-0.25, -0.2) is 0 Å². The minimum atomic E-state index is 0. The Morgan fingerprint density at radius 1 is 0.857 bits per heavy atom. The van der Waals surface area contributed by atoms with Crippen molar-refractivity contribution >= 4 is 30.5 Å². The molecule has 0 N–H and O–H groups in total. The Bertz CT molecular complexity index is 519. The van der Waals surface area contributed by atoms with Gasteiger partial charge in [0.15, 0.2) is 0 Å². The molecule has 3 rings (SSSR count). The highest BCUT2D eigenvalue weighted by Gasteiger charge is 2.17. The van der Waals surface area contributed by atoms with Crippen molar-refractivity contribution in [2.75, 3.05) is 31.1 Å². The minimum absolute atomic E-state index is 0. The van der Waals surface area contributed by atoms with E-state index in [0.29, 0.717) is 0 Å². The first kappa shape index (κ1) is 17.9. The number of para-hydroxylation sites is 1. The molecular weight excluding hydrogens is 305 g/mol. The maximum Gasteiger partial charge on any atom is 0.0388 e. The Labute approximate surface area is 139 Å². The van der Waals surface area contributed by atoms with Crippen LogP contribution in [0.1, 0.15) is 5.69 Å². The van der Waals surface area contributed by atoms with E-state index in [9.17, 15) is 0 Å². The zero-order valence-corrected chi connectivity index (χ0v) is 13.9. The molecule has 0 unspecified atom stereocenters. The lowest BCUT2D eigenvalue weighted by atomic mass is 10.2. The molecule has 1 aliphatic rings. The number of hydrogen-bond acceptors (Lipinski definition) is 2. The van der Waals surface area contributed by atoms with Crippen molar-refractivity contribution in [3.63, 3.8) is 0 Å². The zero-order valence-electron chi connectivity index (χ0n) is 12.3. The second-order valence-corrected chi connectivity index (χ2v) is 5.21. The predicted octanol–water partition coefficient (Wildman–Crippen LogP) is 3.19. The molecule has 0 amide bonds. The van der Waals surface area contributed by atoms with Crippen LogP contribution in [0.15, 0.2) is 48.7 Å². The number of hydrogen-bond donors (Lipinski definition) is 0. The van der Waals surface area contributed by atoms with Crippen LogP contribution in [0.2, 0.25) is 0 Å². The van der Waals surface area contributed by atoms with Crippen LogP contribution in [0.3, 0.4) is 0 Å². The Morgan fingerprint density at radius 2 is 1.52 bits per heavy atom. The topological polar surface area (TPSA) is 11.4 Å². The summed E-state index contributed by atoms with van der Waals surface area (Å²) in [5.41, 5.74) is 2.74. The van der Waals surface area contributed by atoms with Gasteiger partial charge < -0.3 is 9.47 Å². The minimum Gasteiger partial charge on any atom is -0.369 e. The fourth-order valence-corrected chi connectivity index (χ4v) is 2.69. The maximum absolute atomic E-state index is 2.54. The Kier molecular flexibility index (Phi) is 7.09. The molecule has 3 nitrogen and oxygen atoms in total. The smallest absolute Gasteiger partial charge is 0.0388 e. The summed E-state index contributed by atoms with van der Waals surface area (Å²) >= 11 is 0. The van der Waals surface area contributed by atoms with Crippen LogP contribution in [-0.4, -0.2) is 35.6 Å². The van der Waals surface area contributed by atoms with E-state index < -0.39 is 0 Å². The highest BCUT2D eigenvalue weighted by Crippen LogP contribution is 2.16. The maximum atomic E-state index is 2.54. The van der Waals surface area contributed by atoms with Crippen molar-refractivity contribution < 1.29 is 0 Å². The summed E-state index contributed by atoms with van der Waals surface area (Å²) in [6, 6.07) is 15.0. The summed E-state index contributed by atoms with van der Waals surface area (Å²) in [6.45, 7) is 5.58. The lowest BCUT2D eigenvalue weighted by Gasteiger charge is -2.36. The molecule has 0 radical (unpaired) electrons. The molecule has 0 bridgehead atoms. The van der Waals surface area contributed by atoms with Gasteiger partial charge in [-0.1, -0.05) is 18.2 Å². The third-order valence-corrected chi connectivity index (χ3v) is 3.93. The first-order chi connectivity index (χ1) is 9.33. The Balaban J connectivity index is 0.00000110. The van der Waals surface area contributed by atoms with Crippen molar-refractivity contribution in [3.8, 4) is 0 Å². The van der Waals surface area contributed by atoms with Crippen molar-refractivity contribution in [1.29, 1.82) is 0 Å². The van der Waals surface area contributed by atoms with Crippen LogP contribution in [0, 0.1) is 0 Å². The number of anilines is 1. The average Bonchev–Trinajstić information content (AvgIpc) is 2.86. The van der Waals surface area contributed by atoms with E-state index >= 15 is 0 Å². The van der Waals surface area contributed by atoms with Gasteiger partial charge >= 0.3 is 0 Å². The van der Waals surface area contributed by atoms with E-state index in [1.165, 1.54) is 11.4 Å². The molecule has 5 heteroatoms. The van der Waals surface area contributed by atoms with Crippen LogP contribution in [-0.2, 0) is 13.6 Å². The molecule has 1 fully saturated rings. The van der Waals surface area contributed by atoms with E-state index in [1.807, 2.05) is 0 Å². The standard InChI is InChI=1S/C16H21N3.2ClH/c1-17-9-5-8-16(17)14-18-10-12-19(13-11-18)15-6-3-2-4-7-15;;/h2-9H,10-14H2,1H3;2*1H. The number of aryl methyl sites for hydroxylation is 1. The van der Waals surface area contributed by atoms with Gasteiger partial charge in [0.2, 0.25) is 0 Å². The van der Waals surface area contributed by atoms with Crippen LogP contribution < -0.4 is 4.90 Å². The Hall–Kier alpha value is -1.16. The van der Waals surface area contributed by atoms with Crippen molar-refractivity contribution in [2.45, 2.75) is 6.54 Å². The third-order valence-electron chi connectivity index (χ3n) is 3.93. The summed E-state index contributed by atoms with van der Waals surface area (Å²) in [5, 5.41) is 0. The molecule has 0 spiro atoms. The molecule has 2 heterocycles. The van der Waals surface area contributed by atoms with E-state index in [4.69, 9.17) is 0 Å². The predicted molar refractivity (Wildman–Crippen MR) is 93.8 cm³/mol. The van der Waals surface area contributed by atoms with Crippen LogP contribution in [0.25, 0.3) is 0 Å². The molecular formula is C16H23Cl2N3. The largest absolute Gasteiger partial charge is 0.369 e. The molecule has 21 heavy (non-hydrogen) atoms. The lowest BCUT2D eigenvalue weighted by Crippen LogP contribution is -2.46. The molecule has 1 aromatic heterocycles. The number of halogens is 2. The molecule has 0 atom stereocenters. The highest BCUT2D eigenvalue weighted by atomic mass is 35.5. The van der Waals surface area contributed by atoms with Gasteiger partial charge in [0.05, 0.1) is 0 Å². The van der Waals surface area contributed by atoms with Gasteiger partial charge in [0.1, 0.15) is 0 Å². The zero-order chi connectivity index (χ0) is 13.1. The van der Waals surface area contributed by atoms with E-state index in [1.54, 1.807) is 0 Å². The number of aromatic nitrogens is 1. The van der Waals surface area contributed by atoms with Gasteiger partial charge in [0.25, 0.3) is 0 Å². The molecule has 2 aromatic rings. The van der Waals surface area contributed by atoms with E-state index in [-0.39, 0.29) is 24.8 Å². The normalized spacial score (nSPS) is 15.2. The number of rotatable bonds is 3. The van der Waals surface area contributed by atoms with Gasteiger partial charge in [0, 0.05) is 57.3 Å². The van der Waals surface area contributed by atoms with Crippen molar-refractivity contribution in [2.24, 2.45) is 7.05 Å². The summed E-state index contributed by atoms with van der Waals surface area (Å²) in [7, 11) is 2.12. The fraction of sp³-hybridized carbons (Fsp3) is 0.375. The SMILES string of the molecule is Cl.Cl.Cn1cccc1CN1CCN(c2ccccc2)CC1. The second-order valence-electron chi connectivity index (χ2n) is 5.21. The molecule has 116 valence electrons. The number of piperazine rings is 1. The molecule has 0 aliphatic carbocycles. The van der Waals surface area contributed by atoms with Gasteiger partial charge in [-0.15, -0.1) is 24.8 Å². The van der Waals surface area contributed by atoms with E-state index in [2.05, 4.69) is 70.1 Å². The summed E-state index contributed by atoms with van der Waals surface area (Å²) in [4.78, 5) is 5.01. The lowest BCUT2D eigenvalue weighted by molar-refractivity contribution is 0.245. The van der Waals surface area contributed by atoms with Gasteiger partial charge in [-0.3, -0.25) is 4.90 Å². The molecule has 1 aromatic carbocycles. The molecule has 0 saturated carbocycles. The van der Waals surface area contributed by atoms with Gasteiger partial charge in [-0.05, 0) is 24.3 Å². The molecule has 1 saturated heterocycles. The van der Waals surface area contributed by atoms with Crippen LogP contribution in [0.5, 0.6) is 0 Å². The third kappa shape index (κ3) is 4.40. The van der Waals surface area contributed by atoms with Crippen molar-refractivity contribution in [3.05, 3.63) is 54.4 Å². The van der Waals surface area contributed by atoms with Crippen LogP contribution >= 0.6 is 24.8 Å². The summed E-state index contributed by atoms with van der Waals surface area (Å²) in [6.07, 6.45) is 2.12. The Morgan fingerprint density at radius 3 is 2.10 bits per heavy atom. The first-order valence-corrected chi connectivity index (χ1v) is 6.95. The number of nitrogens with zero attached hydrogens (tertiary/aromatic N) is 3. The molecule has 1 aliphatic heterocycles. The fourth-order valence-electron chi connectivity index (χ4n) is 2.69. The quantitative estimate of drug-likeness (QED) is 0.857. The second kappa shape index (κ2) is 8.32. The van der Waals surface area contributed by atoms with Crippen molar-refractivity contribution in [1.82, 2.24) is 9.47 Å². The monoisotopic (exact) mass is 327 g/mol. The van der Waals surface area contributed by atoms with Gasteiger partial charge in [-0.2, -0.15) is 0 Å². The average molecular weight is 328 g/mol. The van der Waals surface area contributed by atoms with Crippen LogP contribution in [0.4, 0.5) is 5.69 Å². The highest BCUT2D eigenvalue weighted by molar-refractivity contribution is 5.85. The first-order valence-electron chi connectivity index (χ1n) is 6.95. The van der Waals surface area contributed by atoms with E-state index in [0.717, 1.165) is 32.7 Å². The summed E-state index contributed by atoms with van der Waals surface area (Å²) in [5.74, 6) is 0. The number of benzene rings is 1. The summed E-state index contributed by atoms with van der Waals surface area (Å²) < 4.78 is 2.21.